The highest BCUT2D eigenvalue weighted by Gasteiger charge is 2.32. The Morgan fingerprint density at radius 3 is 2.30 bits per heavy atom. The van der Waals surface area contributed by atoms with Crippen LogP contribution in [0.4, 0.5) is 0 Å². The van der Waals surface area contributed by atoms with Gasteiger partial charge in [-0.2, -0.15) is 0 Å². The van der Waals surface area contributed by atoms with Gasteiger partial charge in [0, 0.05) is 54.8 Å². The normalized spacial score (nSPS) is 17.3. The predicted molar refractivity (Wildman–Crippen MR) is 106 cm³/mol. The molecule has 0 bridgehead atoms. The Balaban J connectivity index is 1.75. The molecule has 0 aliphatic carbocycles. The highest BCUT2D eigenvalue weighted by Crippen LogP contribution is 2.36. The van der Waals surface area contributed by atoms with Crippen LogP contribution in [0.3, 0.4) is 0 Å². The number of benzene rings is 2. The summed E-state index contributed by atoms with van der Waals surface area (Å²) in [4.78, 5) is 31.1. The van der Waals surface area contributed by atoms with E-state index in [0.29, 0.717) is 23.0 Å². The third kappa shape index (κ3) is 2.46. The first kappa shape index (κ1) is 16.4. The molecule has 5 rings (SSSR count). The van der Waals surface area contributed by atoms with Crippen molar-refractivity contribution >= 4 is 16.8 Å². The summed E-state index contributed by atoms with van der Waals surface area (Å²) >= 11 is 0. The van der Waals surface area contributed by atoms with Crippen molar-refractivity contribution in [3.63, 3.8) is 0 Å². The van der Waals surface area contributed by atoms with E-state index in [-0.39, 0.29) is 11.3 Å². The van der Waals surface area contributed by atoms with Crippen LogP contribution in [0.15, 0.2) is 53.3 Å². The molecule has 1 saturated heterocycles. The summed E-state index contributed by atoms with van der Waals surface area (Å²) in [6.45, 7) is 4.42. The zero-order chi connectivity index (χ0) is 18.5. The lowest BCUT2D eigenvalue weighted by Crippen LogP contribution is -2.44. The molecule has 3 heterocycles. The van der Waals surface area contributed by atoms with E-state index in [2.05, 4.69) is 16.8 Å². The van der Waals surface area contributed by atoms with Crippen LogP contribution in [0.2, 0.25) is 0 Å². The highest BCUT2D eigenvalue weighted by atomic mass is 16.2. The molecule has 0 unspecified atom stereocenters. The van der Waals surface area contributed by atoms with E-state index in [4.69, 9.17) is 0 Å². The number of aromatic nitrogens is 1. The number of carbonyl (C=O) groups excluding carboxylic acids is 1. The van der Waals surface area contributed by atoms with Gasteiger partial charge in [-0.3, -0.25) is 19.1 Å². The van der Waals surface area contributed by atoms with Crippen molar-refractivity contribution in [1.29, 1.82) is 0 Å². The molecule has 2 aliphatic heterocycles. The Bertz CT molecular complexity index is 1120. The zero-order valence-corrected chi connectivity index (χ0v) is 15.3. The van der Waals surface area contributed by atoms with Gasteiger partial charge >= 0.3 is 0 Å². The maximum absolute atomic E-state index is 13.4. The molecule has 1 aromatic heterocycles. The molecular weight excluding hydrogens is 338 g/mol. The first-order chi connectivity index (χ1) is 13.1. The number of hydrogen-bond acceptors (Lipinski definition) is 4. The molecule has 2 aliphatic rings. The van der Waals surface area contributed by atoms with E-state index in [9.17, 15) is 9.59 Å². The van der Waals surface area contributed by atoms with Gasteiger partial charge in [-0.05, 0) is 25.2 Å². The van der Waals surface area contributed by atoms with E-state index in [1.54, 1.807) is 4.57 Å². The smallest absolute Gasteiger partial charge is 0.263 e. The van der Waals surface area contributed by atoms with Gasteiger partial charge in [-0.15, -0.1) is 0 Å². The van der Waals surface area contributed by atoms with E-state index < -0.39 is 0 Å². The fourth-order valence-electron chi connectivity index (χ4n) is 4.25. The summed E-state index contributed by atoms with van der Waals surface area (Å²) in [5, 5.41) is 0.617. The molecular formula is C22H21N3O2. The van der Waals surface area contributed by atoms with Gasteiger partial charge in [0.05, 0.1) is 11.2 Å². The molecule has 0 N–H and O–H groups in total. The van der Waals surface area contributed by atoms with E-state index in [1.165, 1.54) is 0 Å². The number of pyridine rings is 1. The Morgan fingerprint density at radius 1 is 0.852 bits per heavy atom. The zero-order valence-electron chi connectivity index (χ0n) is 15.3. The second-order valence-electron chi connectivity index (χ2n) is 7.44. The minimum absolute atomic E-state index is 0.0419. The number of para-hydroxylation sites is 1. The van der Waals surface area contributed by atoms with Gasteiger partial charge < -0.3 is 4.90 Å². The fraction of sp³-hybridized carbons (Fsp3) is 0.273. The molecule has 0 radical (unpaired) electrons. The molecule has 2 aromatic carbocycles. The summed E-state index contributed by atoms with van der Waals surface area (Å²) in [5.74, 6) is -0.0450. The number of rotatable bonds is 2. The Morgan fingerprint density at radius 2 is 1.52 bits per heavy atom. The summed E-state index contributed by atoms with van der Waals surface area (Å²) < 4.78 is 1.74. The van der Waals surface area contributed by atoms with Gasteiger partial charge in [-0.1, -0.05) is 30.3 Å². The van der Waals surface area contributed by atoms with Crippen molar-refractivity contribution in [2.24, 2.45) is 0 Å². The van der Waals surface area contributed by atoms with E-state index in [1.807, 2.05) is 48.5 Å². The van der Waals surface area contributed by atoms with Crippen LogP contribution in [0, 0.1) is 0 Å². The molecule has 1 fully saturated rings. The van der Waals surface area contributed by atoms with Crippen molar-refractivity contribution in [2.75, 3.05) is 33.2 Å². The second-order valence-corrected chi connectivity index (χ2v) is 7.44. The summed E-state index contributed by atoms with van der Waals surface area (Å²) in [6, 6.07) is 15.1. The molecule has 5 heteroatoms. The first-order valence-electron chi connectivity index (χ1n) is 9.37. The molecule has 136 valence electrons. The van der Waals surface area contributed by atoms with Crippen molar-refractivity contribution in [3.8, 4) is 11.3 Å². The predicted octanol–water partition coefficient (Wildman–Crippen LogP) is 2.42. The lowest BCUT2D eigenvalue weighted by Gasteiger charge is -2.32. The lowest BCUT2D eigenvalue weighted by atomic mass is 10.0. The number of likely N-dealkylation sites (N-methyl/N-ethyl adjacent to an activating group) is 1. The third-order valence-corrected chi connectivity index (χ3v) is 5.77. The van der Waals surface area contributed by atoms with Crippen molar-refractivity contribution in [2.45, 2.75) is 6.54 Å². The van der Waals surface area contributed by atoms with Crippen LogP contribution in [-0.2, 0) is 6.54 Å². The topological polar surface area (TPSA) is 45.5 Å². The van der Waals surface area contributed by atoms with Crippen LogP contribution in [-0.4, -0.2) is 53.5 Å². The third-order valence-electron chi connectivity index (χ3n) is 5.77. The number of hydrogen-bond donors (Lipinski definition) is 0. The largest absolute Gasteiger partial charge is 0.304 e. The van der Waals surface area contributed by atoms with Gasteiger partial charge in [0.25, 0.3) is 5.91 Å². The monoisotopic (exact) mass is 359 g/mol. The molecule has 0 saturated carbocycles. The number of nitrogens with zero attached hydrogens (tertiary/aromatic N) is 3. The molecule has 0 atom stereocenters. The lowest BCUT2D eigenvalue weighted by molar-refractivity contribution is 0.0972. The summed E-state index contributed by atoms with van der Waals surface area (Å²) in [6.07, 6.45) is 0. The molecule has 0 amide bonds. The van der Waals surface area contributed by atoms with E-state index in [0.717, 1.165) is 43.0 Å². The minimum atomic E-state index is -0.0450. The van der Waals surface area contributed by atoms with Crippen molar-refractivity contribution in [1.82, 2.24) is 14.4 Å². The van der Waals surface area contributed by atoms with Gasteiger partial charge in [0.15, 0.2) is 5.43 Å². The van der Waals surface area contributed by atoms with Crippen LogP contribution >= 0.6 is 0 Å². The molecule has 27 heavy (non-hydrogen) atoms. The number of piperazine rings is 1. The number of fused-ring (bicyclic) bond motifs is 5. The summed E-state index contributed by atoms with van der Waals surface area (Å²) in [7, 11) is 2.12. The Hall–Kier alpha value is -2.76. The first-order valence-corrected chi connectivity index (χ1v) is 9.37. The standard InChI is InChI=1S/C22H21N3O2/c1-23-10-12-24(13-11-23)14-18-20-15-6-2-3-7-16(15)22(27)25(20)19-9-5-4-8-17(19)21(18)26/h2-9H,10-14H2,1H3. The van der Waals surface area contributed by atoms with Crippen molar-refractivity contribution in [3.05, 3.63) is 69.9 Å². The van der Waals surface area contributed by atoms with Crippen LogP contribution in [0.1, 0.15) is 15.9 Å². The number of carbonyl (C=O) groups is 1. The fourth-order valence-corrected chi connectivity index (χ4v) is 4.25. The molecule has 3 aromatic rings. The average Bonchev–Trinajstić information content (AvgIpc) is 3.00. The van der Waals surface area contributed by atoms with E-state index >= 15 is 0 Å². The van der Waals surface area contributed by atoms with Gasteiger partial charge in [-0.25, -0.2) is 0 Å². The van der Waals surface area contributed by atoms with Gasteiger partial charge in [0.2, 0.25) is 0 Å². The maximum Gasteiger partial charge on any atom is 0.263 e. The average molecular weight is 359 g/mol. The van der Waals surface area contributed by atoms with Crippen LogP contribution in [0.5, 0.6) is 0 Å². The minimum Gasteiger partial charge on any atom is -0.304 e. The SMILES string of the molecule is CN1CCN(Cc2c3n(c4ccccc4c2=O)C(=O)c2ccccc2-3)CC1. The quantitative estimate of drug-likeness (QED) is 0.551. The Labute approximate surface area is 157 Å². The van der Waals surface area contributed by atoms with Crippen LogP contribution < -0.4 is 5.43 Å². The molecule has 0 spiro atoms. The van der Waals surface area contributed by atoms with Crippen molar-refractivity contribution < 1.29 is 4.79 Å². The Kier molecular flexibility index (Phi) is 3.74. The highest BCUT2D eigenvalue weighted by molar-refractivity contribution is 6.13. The maximum atomic E-state index is 13.4. The van der Waals surface area contributed by atoms with Gasteiger partial charge in [0.1, 0.15) is 0 Å². The summed E-state index contributed by atoms with van der Waals surface area (Å²) in [5.41, 5.74) is 3.79. The molecule has 5 nitrogen and oxygen atoms in total. The second kappa shape index (κ2) is 6.15. The van der Waals surface area contributed by atoms with Crippen LogP contribution in [0.25, 0.3) is 22.2 Å².